The molecule has 0 aliphatic carbocycles. The molecular weight excluding hydrogens is 372 g/mol. The lowest BCUT2D eigenvalue weighted by Gasteiger charge is -2.19. The molecule has 0 aliphatic rings. The van der Waals surface area contributed by atoms with Crippen LogP contribution in [0.5, 0.6) is 5.75 Å². The Morgan fingerprint density at radius 2 is 2.04 bits per heavy atom. The molecule has 0 saturated heterocycles. The summed E-state index contributed by atoms with van der Waals surface area (Å²) in [4.78, 5) is 19.6. The van der Waals surface area contributed by atoms with E-state index in [2.05, 4.69) is 4.98 Å². The second kappa shape index (κ2) is 7.86. The van der Waals surface area contributed by atoms with Crippen LogP contribution in [0.4, 0.5) is 5.13 Å². The van der Waals surface area contributed by atoms with E-state index in [1.807, 2.05) is 61.5 Å². The van der Waals surface area contributed by atoms with Gasteiger partial charge in [-0.1, -0.05) is 35.6 Å². The first kappa shape index (κ1) is 18.3. The third-order valence-corrected chi connectivity index (χ3v) is 5.58. The second-order valence-corrected chi connectivity index (χ2v) is 7.51. The molecule has 28 heavy (non-hydrogen) atoms. The number of para-hydroxylation sites is 1. The lowest BCUT2D eigenvalue weighted by atomic mass is 10.1. The lowest BCUT2D eigenvalue weighted by molar-refractivity contribution is -0.118. The predicted molar refractivity (Wildman–Crippen MR) is 111 cm³/mol. The summed E-state index contributed by atoms with van der Waals surface area (Å²) in [5.41, 5.74) is 2.83. The van der Waals surface area contributed by atoms with Crippen LogP contribution in [0, 0.1) is 6.92 Å². The molecule has 0 bridgehead atoms. The highest BCUT2D eigenvalue weighted by molar-refractivity contribution is 7.22. The average Bonchev–Trinajstić information content (AvgIpc) is 3.35. The highest BCUT2D eigenvalue weighted by Crippen LogP contribution is 2.30. The number of carbonyl (C=O) groups excluding carboxylic acids is 1. The molecule has 5 nitrogen and oxygen atoms in total. The third-order valence-electron chi connectivity index (χ3n) is 4.52. The van der Waals surface area contributed by atoms with Gasteiger partial charge in [0.1, 0.15) is 11.5 Å². The Hall–Kier alpha value is -3.12. The number of anilines is 1. The summed E-state index contributed by atoms with van der Waals surface area (Å²) in [6.45, 7) is 2.32. The highest BCUT2D eigenvalue weighted by atomic mass is 32.1. The Bertz CT molecular complexity index is 1070. The fourth-order valence-corrected chi connectivity index (χ4v) is 4.10. The number of furan rings is 1. The summed E-state index contributed by atoms with van der Waals surface area (Å²) in [7, 11) is 1.64. The van der Waals surface area contributed by atoms with Gasteiger partial charge in [-0.25, -0.2) is 4.98 Å². The van der Waals surface area contributed by atoms with Gasteiger partial charge in [0, 0.05) is 0 Å². The van der Waals surface area contributed by atoms with Gasteiger partial charge in [-0.3, -0.25) is 9.69 Å². The normalized spacial score (nSPS) is 10.9. The van der Waals surface area contributed by atoms with E-state index in [0.29, 0.717) is 11.7 Å². The Labute approximate surface area is 167 Å². The Kier molecular flexibility index (Phi) is 5.12. The van der Waals surface area contributed by atoms with Crippen molar-refractivity contribution in [3.8, 4) is 5.75 Å². The topological polar surface area (TPSA) is 55.6 Å². The number of amides is 1. The number of ether oxygens (including phenoxy) is 1. The van der Waals surface area contributed by atoms with Crippen molar-refractivity contribution in [1.29, 1.82) is 0 Å². The van der Waals surface area contributed by atoms with Gasteiger partial charge in [-0.15, -0.1) is 0 Å². The molecule has 0 saturated carbocycles. The molecule has 0 radical (unpaired) electrons. The molecule has 0 N–H and O–H groups in total. The number of nitrogens with zero attached hydrogens (tertiary/aromatic N) is 2. The number of methoxy groups -OCH3 is 1. The molecule has 0 fully saturated rings. The maximum atomic E-state index is 13.2. The minimum absolute atomic E-state index is 0.0278. The van der Waals surface area contributed by atoms with E-state index < -0.39 is 0 Å². The summed E-state index contributed by atoms with van der Waals surface area (Å²) in [6.07, 6.45) is 1.89. The van der Waals surface area contributed by atoms with Crippen LogP contribution < -0.4 is 9.64 Å². The molecule has 0 unspecified atom stereocenters. The van der Waals surface area contributed by atoms with Crippen molar-refractivity contribution >= 4 is 32.6 Å². The molecule has 2 aromatic heterocycles. The first-order valence-corrected chi connectivity index (χ1v) is 9.77. The molecule has 2 aromatic carbocycles. The van der Waals surface area contributed by atoms with Crippen molar-refractivity contribution in [2.24, 2.45) is 0 Å². The van der Waals surface area contributed by atoms with Crippen molar-refractivity contribution in [1.82, 2.24) is 4.98 Å². The fourth-order valence-electron chi connectivity index (χ4n) is 3.12. The molecule has 2 heterocycles. The monoisotopic (exact) mass is 392 g/mol. The zero-order chi connectivity index (χ0) is 19.5. The Morgan fingerprint density at radius 1 is 1.18 bits per heavy atom. The third kappa shape index (κ3) is 3.77. The number of hydrogen-bond donors (Lipinski definition) is 0. The van der Waals surface area contributed by atoms with Crippen LogP contribution in [-0.2, 0) is 17.8 Å². The average molecular weight is 392 g/mol. The molecule has 0 aliphatic heterocycles. The van der Waals surface area contributed by atoms with E-state index in [-0.39, 0.29) is 12.3 Å². The van der Waals surface area contributed by atoms with Gasteiger partial charge in [-0.2, -0.15) is 0 Å². The second-order valence-electron chi connectivity index (χ2n) is 6.50. The number of aromatic nitrogens is 1. The molecule has 6 heteroatoms. The van der Waals surface area contributed by atoms with Gasteiger partial charge in [0.2, 0.25) is 5.91 Å². The Morgan fingerprint density at radius 3 is 2.75 bits per heavy atom. The van der Waals surface area contributed by atoms with E-state index in [4.69, 9.17) is 9.15 Å². The standard InChI is InChI=1S/C22H20N2O3S/c1-15-12-16(9-10-19(15)26-2)13-21(25)24(14-17-6-5-11-27-17)22-23-18-7-3-4-8-20(18)28-22/h3-12H,13-14H2,1-2H3. The number of rotatable bonds is 6. The molecule has 1 amide bonds. The summed E-state index contributed by atoms with van der Waals surface area (Å²) >= 11 is 1.51. The summed E-state index contributed by atoms with van der Waals surface area (Å²) in [6, 6.07) is 17.4. The molecule has 4 aromatic rings. The quantitative estimate of drug-likeness (QED) is 0.464. The van der Waals surface area contributed by atoms with Gasteiger partial charge < -0.3 is 9.15 Å². The minimum Gasteiger partial charge on any atom is -0.496 e. The zero-order valence-electron chi connectivity index (χ0n) is 15.7. The summed E-state index contributed by atoms with van der Waals surface area (Å²) in [5.74, 6) is 1.51. The fraction of sp³-hybridized carbons (Fsp3) is 0.182. The minimum atomic E-state index is -0.0278. The van der Waals surface area contributed by atoms with Crippen LogP contribution >= 0.6 is 11.3 Å². The molecule has 142 valence electrons. The van der Waals surface area contributed by atoms with Crippen molar-refractivity contribution in [2.75, 3.05) is 12.0 Å². The van der Waals surface area contributed by atoms with Crippen LogP contribution in [0.2, 0.25) is 0 Å². The molecule has 4 rings (SSSR count). The number of thiazole rings is 1. The van der Waals surface area contributed by atoms with Crippen LogP contribution in [0.1, 0.15) is 16.9 Å². The van der Waals surface area contributed by atoms with Gasteiger partial charge in [0.15, 0.2) is 5.13 Å². The number of benzene rings is 2. The maximum absolute atomic E-state index is 13.2. The highest BCUT2D eigenvalue weighted by Gasteiger charge is 2.21. The van der Waals surface area contributed by atoms with E-state index >= 15 is 0 Å². The lowest BCUT2D eigenvalue weighted by Crippen LogP contribution is -2.31. The smallest absolute Gasteiger partial charge is 0.233 e. The van der Waals surface area contributed by atoms with Crippen molar-refractivity contribution in [3.05, 3.63) is 77.7 Å². The van der Waals surface area contributed by atoms with Gasteiger partial charge in [0.25, 0.3) is 0 Å². The van der Waals surface area contributed by atoms with Gasteiger partial charge >= 0.3 is 0 Å². The van der Waals surface area contributed by atoms with Gasteiger partial charge in [-0.05, 0) is 48.4 Å². The largest absolute Gasteiger partial charge is 0.496 e. The molecule has 0 atom stereocenters. The summed E-state index contributed by atoms with van der Waals surface area (Å²) < 4.78 is 11.8. The first-order chi connectivity index (χ1) is 13.6. The molecular formula is C22H20N2O3S. The number of fused-ring (bicyclic) bond motifs is 1. The van der Waals surface area contributed by atoms with E-state index in [1.165, 1.54) is 11.3 Å². The van der Waals surface area contributed by atoms with Crippen LogP contribution in [-0.4, -0.2) is 18.0 Å². The van der Waals surface area contributed by atoms with E-state index in [9.17, 15) is 4.79 Å². The first-order valence-electron chi connectivity index (χ1n) is 8.96. The van der Waals surface area contributed by atoms with Crippen molar-refractivity contribution in [3.63, 3.8) is 0 Å². The van der Waals surface area contributed by atoms with Crippen LogP contribution in [0.3, 0.4) is 0 Å². The zero-order valence-corrected chi connectivity index (χ0v) is 16.5. The van der Waals surface area contributed by atoms with Gasteiger partial charge in [0.05, 0.1) is 36.6 Å². The number of carbonyl (C=O) groups is 1. The Balaban J connectivity index is 1.64. The van der Waals surface area contributed by atoms with E-state index in [1.54, 1.807) is 18.3 Å². The summed E-state index contributed by atoms with van der Waals surface area (Å²) in [5, 5.41) is 0.674. The SMILES string of the molecule is COc1ccc(CC(=O)N(Cc2ccco2)c2nc3ccccc3s2)cc1C. The van der Waals surface area contributed by atoms with E-state index in [0.717, 1.165) is 32.9 Å². The maximum Gasteiger partial charge on any atom is 0.233 e. The van der Waals surface area contributed by atoms with Crippen molar-refractivity contribution < 1.29 is 13.9 Å². The van der Waals surface area contributed by atoms with Crippen LogP contribution in [0.15, 0.2) is 65.3 Å². The van der Waals surface area contributed by atoms with Crippen molar-refractivity contribution in [2.45, 2.75) is 19.9 Å². The molecule has 0 spiro atoms. The number of hydrogen-bond acceptors (Lipinski definition) is 5. The predicted octanol–water partition coefficient (Wildman–Crippen LogP) is 4.98. The number of aryl methyl sites for hydroxylation is 1. The van der Waals surface area contributed by atoms with Crippen LogP contribution in [0.25, 0.3) is 10.2 Å².